The van der Waals surface area contributed by atoms with Crippen molar-refractivity contribution in [1.82, 2.24) is 29.8 Å². The van der Waals surface area contributed by atoms with Crippen LogP contribution in [0, 0.1) is 0 Å². The predicted molar refractivity (Wildman–Crippen MR) is 69.6 cm³/mol. The van der Waals surface area contributed by atoms with Crippen molar-refractivity contribution in [3.05, 3.63) is 24.0 Å². The van der Waals surface area contributed by atoms with E-state index in [1.807, 2.05) is 29.3 Å². The van der Waals surface area contributed by atoms with Gasteiger partial charge >= 0.3 is 0 Å². The van der Waals surface area contributed by atoms with Gasteiger partial charge in [0.1, 0.15) is 11.9 Å². The van der Waals surface area contributed by atoms with E-state index in [2.05, 4.69) is 34.4 Å². The quantitative estimate of drug-likeness (QED) is 0.792. The van der Waals surface area contributed by atoms with Crippen molar-refractivity contribution in [3.8, 4) is 0 Å². The summed E-state index contributed by atoms with van der Waals surface area (Å²) < 4.78 is 9.42. The maximum absolute atomic E-state index is 5.58. The fraction of sp³-hybridized carbons (Fsp3) is 0.667. The molecule has 0 aliphatic heterocycles. The molecule has 0 fully saturated rings. The molecule has 0 bridgehead atoms. The Morgan fingerprint density at radius 2 is 2.11 bits per heavy atom. The van der Waals surface area contributed by atoms with Crippen LogP contribution in [0.1, 0.15) is 51.5 Å². The number of aromatic nitrogens is 6. The highest BCUT2D eigenvalue weighted by atomic mass is 16.5. The topological polar surface area (TPSA) is 70.7 Å². The van der Waals surface area contributed by atoms with Crippen molar-refractivity contribution in [2.75, 3.05) is 6.61 Å². The summed E-state index contributed by atoms with van der Waals surface area (Å²) in [6, 6.07) is 0.237. The summed E-state index contributed by atoms with van der Waals surface area (Å²) in [5, 5.41) is 11.8. The Balaban J connectivity index is 2.19. The Morgan fingerprint density at radius 3 is 2.79 bits per heavy atom. The Bertz CT molecular complexity index is 518. The molecule has 2 aromatic heterocycles. The average Bonchev–Trinajstić information content (AvgIpc) is 2.98. The van der Waals surface area contributed by atoms with Crippen LogP contribution in [-0.4, -0.2) is 36.4 Å². The molecule has 2 aromatic rings. The van der Waals surface area contributed by atoms with Crippen LogP contribution in [0.4, 0.5) is 0 Å². The fourth-order valence-corrected chi connectivity index (χ4v) is 2.01. The Labute approximate surface area is 112 Å². The maximum Gasteiger partial charge on any atom is 0.171 e. The molecule has 2 rings (SSSR count). The number of tetrazole rings is 1. The molecule has 0 spiro atoms. The number of nitrogens with zero attached hydrogens (tertiary/aromatic N) is 6. The summed E-state index contributed by atoms with van der Waals surface area (Å²) in [7, 11) is 0. The minimum absolute atomic E-state index is 0.0385. The van der Waals surface area contributed by atoms with Crippen LogP contribution in [0.3, 0.4) is 0 Å². The first-order valence-corrected chi connectivity index (χ1v) is 6.52. The van der Waals surface area contributed by atoms with Crippen LogP contribution in [0.2, 0.25) is 0 Å². The minimum Gasteiger partial charge on any atom is -0.371 e. The molecule has 0 N–H and O–H groups in total. The van der Waals surface area contributed by atoms with E-state index in [-0.39, 0.29) is 12.1 Å². The molecule has 0 aliphatic carbocycles. The monoisotopic (exact) mass is 264 g/mol. The number of rotatable bonds is 6. The molecular weight excluding hydrogens is 244 g/mol. The molecule has 104 valence electrons. The van der Waals surface area contributed by atoms with E-state index in [9.17, 15) is 0 Å². The lowest BCUT2D eigenvalue weighted by molar-refractivity contribution is 0.0676. The third-order valence-electron chi connectivity index (χ3n) is 2.89. The summed E-state index contributed by atoms with van der Waals surface area (Å²) in [5.74, 6) is 1.71. The van der Waals surface area contributed by atoms with Gasteiger partial charge in [0, 0.05) is 19.0 Å². The first kappa shape index (κ1) is 13.7. The van der Waals surface area contributed by atoms with Gasteiger partial charge < -0.3 is 9.30 Å². The van der Waals surface area contributed by atoms with Gasteiger partial charge in [-0.2, -0.15) is 0 Å². The van der Waals surface area contributed by atoms with Gasteiger partial charge in [0.2, 0.25) is 0 Å². The molecule has 0 amide bonds. The molecule has 7 heteroatoms. The van der Waals surface area contributed by atoms with Crippen LogP contribution in [-0.2, 0) is 11.3 Å². The molecule has 7 nitrogen and oxygen atoms in total. The van der Waals surface area contributed by atoms with Crippen molar-refractivity contribution >= 4 is 0 Å². The summed E-state index contributed by atoms with van der Waals surface area (Å²) in [6.45, 7) is 9.33. The van der Waals surface area contributed by atoms with E-state index in [1.54, 1.807) is 6.20 Å². The smallest absolute Gasteiger partial charge is 0.171 e. The van der Waals surface area contributed by atoms with Crippen molar-refractivity contribution in [2.45, 2.75) is 46.4 Å². The lowest BCUT2D eigenvalue weighted by atomic mass is 10.3. The molecule has 1 unspecified atom stereocenters. The predicted octanol–water partition coefficient (Wildman–Crippen LogP) is 1.60. The van der Waals surface area contributed by atoms with Crippen molar-refractivity contribution in [3.63, 3.8) is 0 Å². The zero-order chi connectivity index (χ0) is 13.8. The second kappa shape index (κ2) is 5.92. The van der Waals surface area contributed by atoms with Gasteiger partial charge in [-0.05, 0) is 38.1 Å². The zero-order valence-corrected chi connectivity index (χ0v) is 11.8. The highest BCUT2D eigenvalue weighted by molar-refractivity contribution is 4.99. The SMILES string of the molecule is CCOC(C)c1nccn1Cc1nnnn1C(C)C. The Kier molecular flexibility index (Phi) is 4.26. The van der Waals surface area contributed by atoms with Gasteiger partial charge in [-0.1, -0.05) is 0 Å². The molecule has 0 aliphatic rings. The maximum atomic E-state index is 5.58. The van der Waals surface area contributed by atoms with Gasteiger partial charge in [0.25, 0.3) is 0 Å². The number of ether oxygens (including phenoxy) is 1. The van der Waals surface area contributed by atoms with E-state index in [4.69, 9.17) is 4.74 Å². The minimum atomic E-state index is -0.0385. The first-order valence-electron chi connectivity index (χ1n) is 6.52. The molecule has 0 saturated carbocycles. The second-order valence-corrected chi connectivity index (χ2v) is 4.64. The van der Waals surface area contributed by atoms with Crippen LogP contribution >= 0.6 is 0 Å². The average molecular weight is 264 g/mol. The van der Waals surface area contributed by atoms with E-state index >= 15 is 0 Å². The highest BCUT2D eigenvalue weighted by Crippen LogP contribution is 2.16. The van der Waals surface area contributed by atoms with Gasteiger partial charge in [-0.15, -0.1) is 5.10 Å². The molecule has 0 radical (unpaired) electrons. The van der Waals surface area contributed by atoms with Gasteiger partial charge in [-0.25, -0.2) is 9.67 Å². The van der Waals surface area contributed by atoms with E-state index in [0.717, 1.165) is 11.6 Å². The van der Waals surface area contributed by atoms with E-state index in [0.29, 0.717) is 13.2 Å². The van der Waals surface area contributed by atoms with Crippen molar-refractivity contribution < 1.29 is 4.74 Å². The number of hydrogen-bond acceptors (Lipinski definition) is 5. The molecule has 19 heavy (non-hydrogen) atoms. The first-order chi connectivity index (χ1) is 9.13. The van der Waals surface area contributed by atoms with E-state index in [1.165, 1.54) is 0 Å². The lowest BCUT2D eigenvalue weighted by Gasteiger charge is -2.14. The normalized spacial score (nSPS) is 13.1. The summed E-state index contributed by atoms with van der Waals surface area (Å²) >= 11 is 0. The summed E-state index contributed by atoms with van der Waals surface area (Å²) in [4.78, 5) is 4.35. The van der Waals surface area contributed by atoms with Gasteiger partial charge in [0.15, 0.2) is 5.82 Å². The van der Waals surface area contributed by atoms with E-state index < -0.39 is 0 Å². The lowest BCUT2D eigenvalue weighted by Crippen LogP contribution is -2.15. The summed E-state index contributed by atoms with van der Waals surface area (Å²) in [6.07, 6.45) is 3.65. The zero-order valence-electron chi connectivity index (χ0n) is 11.8. The number of imidazole rings is 1. The molecular formula is C12H20N6O. The third-order valence-corrected chi connectivity index (χ3v) is 2.89. The van der Waals surface area contributed by atoms with Crippen LogP contribution < -0.4 is 0 Å². The molecule has 0 aromatic carbocycles. The largest absolute Gasteiger partial charge is 0.371 e. The van der Waals surface area contributed by atoms with Crippen molar-refractivity contribution in [1.29, 1.82) is 0 Å². The third kappa shape index (κ3) is 2.98. The second-order valence-electron chi connectivity index (χ2n) is 4.64. The molecule has 0 saturated heterocycles. The number of hydrogen-bond donors (Lipinski definition) is 0. The fourth-order valence-electron chi connectivity index (χ4n) is 2.01. The Hall–Kier alpha value is -1.76. The summed E-state index contributed by atoms with van der Waals surface area (Å²) in [5.41, 5.74) is 0. The van der Waals surface area contributed by atoms with Crippen LogP contribution in [0.5, 0.6) is 0 Å². The van der Waals surface area contributed by atoms with Crippen molar-refractivity contribution in [2.24, 2.45) is 0 Å². The Morgan fingerprint density at radius 1 is 1.32 bits per heavy atom. The molecule has 1 atom stereocenters. The van der Waals surface area contributed by atoms with Gasteiger partial charge in [0.05, 0.1) is 12.6 Å². The standard InChI is InChI=1S/C12H20N6O/c1-5-19-10(4)12-13-6-7-17(12)8-11-14-15-16-18(11)9(2)3/h6-7,9-10H,5,8H2,1-4H3. The van der Waals surface area contributed by atoms with Crippen LogP contribution in [0.15, 0.2) is 12.4 Å². The van der Waals surface area contributed by atoms with Gasteiger partial charge in [-0.3, -0.25) is 0 Å². The highest BCUT2D eigenvalue weighted by Gasteiger charge is 2.15. The molecule has 2 heterocycles. The van der Waals surface area contributed by atoms with Crippen LogP contribution in [0.25, 0.3) is 0 Å².